The summed E-state index contributed by atoms with van der Waals surface area (Å²) in [6.45, 7) is 2.79. The molecule has 7 heteroatoms. The van der Waals surface area contributed by atoms with Gasteiger partial charge >= 0.3 is 59.1 Å². The molecule has 1 heterocycles. The average Bonchev–Trinajstić information content (AvgIpc) is 2.13. The number of hydrogen-bond donors (Lipinski definition) is 1. The van der Waals surface area contributed by atoms with Crippen LogP contribution in [0.5, 0.6) is 0 Å². The summed E-state index contributed by atoms with van der Waals surface area (Å²) in [6.07, 6.45) is -1.46. The first kappa shape index (κ1) is 19.7. The van der Waals surface area contributed by atoms with Crippen LogP contribution in [0.2, 0.25) is 0 Å². The van der Waals surface area contributed by atoms with Crippen LogP contribution in [0, 0.1) is 5.92 Å². The average molecular weight is 247 g/mol. The van der Waals surface area contributed by atoms with Gasteiger partial charge in [-0.25, -0.2) is 0 Å². The molecule has 1 aliphatic heterocycles. The Balaban J connectivity index is 0. The van der Waals surface area contributed by atoms with Crippen LogP contribution in [-0.2, 0) is 9.53 Å². The van der Waals surface area contributed by atoms with Gasteiger partial charge in [-0.1, -0.05) is 13.0 Å². The van der Waals surface area contributed by atoms with E-state index in [9.17, 15) is 15.0 Å². The fourth-order valence-electron chi connectivity index (χ4n) is 1.64. The molecule has 0 saturated carbocycles. The summed E-state index contributed by atoms with van der Waals surface area (Å²) in [5, 5.41) is 24.8. The first-order valence-corrected chi connectivity index (χ1v) is 4.69. The Morgan fingerprint density at radius 2 is 2.06 bits per heavy atom. The van der Waals surface area contributed by atoms with E-state index in [0.717, 1.165) is 0 Å². The van der Waals surface area contributed by atoms with Crippen molar-refractivity contribution in [1.82, 2.24) is 5.32 Å². The van der Waals surface area contributed by atoms with Crippen LogP contribution in [0.15, 0.2) is 0 Å². The molecule has 0 bridgehead atoms. The van der Waals surface area contributed by atoms with E-state index in [1.807, 2.05) is 0 Å². The zero-order valence-electron chi connectivity index (χ0n) is 10.4. The maximum absolute atomic E-state index is 11.7. The van der Waals surface area contributed by atoms with Crippen molar-refractivity contribution >= 4 is 5.91 Å². The molecule has 0 spiro atoms. The zero-order valence-corrected chi connectivity index (χ0v) is 14.4. The molecule has 16 heavy (non-hydrogen) atoms. The molecule has 0 radical (unpaired) electrons. The van der Waals surface area contributed by atoms with Gasteiger partial charge in [-0.15, -0.1) is 6.61 Å². The normalized spacial score (nSPS) is 33.2. The number of carbonyl (C=O) groups is 1. The van der Waals surface area contributed by atoms with Crippen LogP contribution in [0.25, 0.3) is 0 Å². The number of hydrogen-bond acceptors (Lipinski definition) is 4. The first-order chi connectivity index (χ1) is 6.56. The second kappa shape index (κ2) is 9.30. The molecule has 4 atom stereocenters. The van der Waals surface area contributed by atoms with Crippen LogP contribution >= 0.6 is 0 Å². The van der Waals surface area contributed by atoms with E-state index in [1.165, 1.54) is 6.92 Å². The van der Waals surface area contributed by atoms with Crippen LogP contribution < -0.4 is 74.6 Å². The van der Waals surface area contributed by atoms with E-state index in [2.05, 4.69) is 5.32 Å². The molecule has 1 amide bonds. The van der Waals surface area contributed by atoms with Gasteiger partial charge in [-0.2, -0.15) is 0 Å². The van der Waals surface area contributed by atoms with Crippen molar-refractivity contribution in [3.8, 4) is 0 Å². The van der Waals surface area contributed by atoms with Crippen LogP contribution in [-0.4, -0.2) is 37.4 Å². The van der Waals surface area contributed by atoms with Gasteiger partial charge in [0.2, 0.25) is 5.91 Å². The zero-order chi connectivity index (χ0) is 10.7. The van der Waals surface area contributed by atoms with E-state index in [-0.39, 0.29) is 77.5 Å². The maximum Gasteiger partial charge on any atom is 1.00 e. The Labute approximate surface area is 140 Å². The van der Waals surface area contributed by atoms with Gasteiger partial charge in [0.25, 0.3) is 0 Å². The molecule has 1 saturated heterocycles. The van der Waals surface area contributed by atoms with E-state index in [1.54, 1.807) is 6.92 Å². The summed E-state index contributed by atoms with van der Waals surface area (Å²) in [7, 11) is 0. The molecule has 1 rings (SSSR count). The molecule has 0 aromatic rings. The Bertz CT molecular complexity index is 218. The van der Waals surface area contributed by atoms with Gasteiger partial charge in [0, 0.05) is 19.1 Å². The van der Waals surface area contributed by atoms with Crippen LogP contribution in [0.1, 0.15) is 13.8 Å². The van der Waals surface area contributed by atoms with E-state index in [0.29, 0.717) is 0 Å². The number of rotatable bonds is 2. The van der Waals surface area contributed by atoms with Gasteiger partial charge in [0.1, 0.15) is 0 Å². The summed E-state index contributed by atoms with van der Waals surface area (Å²) in [5.74, 6) is -0.592. The van der Waals surface area contributed by atoms with Crippen molar-refractivity contribution < 1.29 is 78.9 Å². The predicted octanol–water partition coefficient (Wildman–Crippen LogP) is -8.38. The van der Waals surface area contributed by atoms with Crippen LogP contribution in [0.4, 0.5) is 0 Å². The van der Waals surface area contributed by atoms with Gasteiger partial charge < -0.3 is 20.3 Å². The van der Waals surface area contributed by atoms with Gasteiger partial charge in [-0.3, -0.25) is 4.79 Å². The topological polar surface area (TPSA) is 84.5 Å². The van der Waals surface area contributed by atoms with Crippen molar-refractivity contribution in [2.45, 2.75) is 32.1 Å². The third kappa shape index (κ3) is 5.33. The smallest absolute Gasteiger partial charge is 0.853 e. The van der Waals surface area contributed by atoms with E-state index >= 15 is 0 Å². The van der Waals surface area contributed by atoms with E-state index in [4.69, 9.17) is 4.74 Å². The van der Waals surface area contributed by atoms with Crippen molar-refractivity contribution in [3.63, 3.8) is 0 Å². The molecule has 0 aromatic carbocycles. The predicted molar refractivity (Wildman–Crippen MR) is 45.2 cm³/mol. The molecule has 1 fully saturated rings. The fraction of sp³-hybridized carbons (Fsp3) is 0.889. The summed E-state index contributed by atoms with van der Waals surface area (Å²) in [6, 6.07) is -0.509. The maximum atomic E-state index is 11.7. The third-order valence-electron chi connectivity index (χ3n) is 2.54. The minimum absolute atomic E-state index is 0. The molecular weight excluding hydrogens is 232 g/mol. The van der Waals surface area contributed by atoms with Gasteiger partial charge in [0.05, 0.1) is 6.61 Å². The van der Waals surface area contributed by atoms with Gasteiger partial charge in [0.15, 0.2) is 0 Å². The second-order valence-corrected chi connectivity index (χ2v) is 3.67. The standard InChI is InChI=1S/C9H15NO4.2Na/c1-5-8(3-11)14-4-7(9(5)13)10-6(2)12;;/h5,7-9H,3-4H2,1-2H3,(H,10,12);;/q-2;2*+1. The van der Waals surface area contributed by atoms with E-state index < -0.39 is 24.9 Å². The molecule has 0 aromatic heterocycles. The monoisotopic (exact) mass is 247 g/mol. The van der Waals surface area contributed by atoms with Crippen LogP contribution in [0.3, 0.4) is 0 Å². The van der Waals surface area contributed by atoms with Crippen molar-refractivity contribution in [1.29, 1.82) is 0 Å². The summed E-state index contributed by atoms with van der Waals surface area (Å²) in [5.41, 5.74) is 0. The van der Waals surface area contributed by atoms with Crippen molar-refractivity contribution in [3.05, 3.63) is 0 Å². The quantitative estimate of drug-likeness (QED) is 0.491. The molecule has 1 aliphatic rings. The molecule has 5 nitrogen and oxygen atoms in total. The number of carbonyl (C=O) groups excluding carboxylic acids is 1. The Hall–Kier alpha value is 1.35. The van der Waals surface area contributed by atoms with Crippen molar-refractivity contribution in [2.24, 2.45) is 5.92 Å². The molecule has 0 aliphatic carbocycles. The molecule has 4 unspecified atom stereocenters. The molecular formula is C9H15NNa2O4. The van der Waals surface area contributed by atoms with Gasteiger partial charge in [-0.05, 0) is 5.92 Å². The largest absolute Gasteiger partial charge is 1.00 e. The summed E-state index contributed by atoms with van der Waals surface area (Å²) >= 11 is 0. The Kier molecular flexibility index (Phi) is 11.4. The summed E-state index contributed by atoms with van der Waals surface area (Å²) < 4.78 is 5.20. The SMILES string of the molecule is CC(=O)NC1COC(C[O-])C(C)C1[O-].[Na+].[Na+]. The first-order valence-electron chi connectivity index (χ1n) is 4.69. The number of nitrogens with one attached hydrogen (secondary N) is 1. The minimum Gasteiger partial charge on any atom is -0.853 e. The van der Waals surface area contributed by atoms with Crippen molar-refractivity contribution in [2.75, 3.05) is 13.2 Å². The Morgan fingerprint density at radius 3 is 2.50 bits per heavy atom. The minimum atomic E-state index is -0.952. The molecule has 1 N–H and O–H groups in total. The fourth-order valence-corrected chi connectivity index (χ4v) is 1.64. The second-order valence-electron chi connectivity index (χ2n) is 3.67. The Morgan fingerprint density at radius 1 is 1.50 bits per heavy atom. The number of amides is 1. The summed E-state index contributed by atoms with van der Waals surface area (Å²) in [4.78, 5) is 10.7. The third-order valence-corrected chi connectivity index (χ3v) is 2.54. The molecule has 82 valence electrons. The number of ether oxygens (including phenoxy) is 1.